The number of aliphatic hydroxyl groups is 1. The van der Waals surface area contributed by atoms with Crippen LogP contribution < -0.4 is 5.32 Å². The monoisotopic (exact) mass is 244 g/mol. The van der Waals surface area contributed by atoms with E-state index in [1.165, 1.54) is 11.3 Å². The smallest absolute Gasteiger partial charge is 0.110 e. The molecule has 86 valence electrons. The molecule has 0 atom stereocenters. The van der Waals surface area contributed by atoms with E-state index in [2.05, 4.69) is 11.4 Å². The van der Waals surface area contributed by atoms with E-state index in [9.17, 15) is 5.11 Å². The van der Waals surface area contributed by atoms with Crippen molar-refractivity contribution < 1.29 is 5.11 Å². The number of hydrogen-bond donors (Lipinski definition) is 2. The van der Waals surface area contributed by atoms with Crippen molar-refractivity contribution in [2.75, 3.05) is 5.32 Å². The average Bonchev–Trinajstić information content (AvgIpc) is 2.84. The van der Waals surface area contributed by atoms with Crippen molar-refractivity contribution >= 4 is 17.0 Å². The minimum Gasteiger partial charge on any atom is -0.392 e. The Morgan fingerprint density at radius 3 is 2.76 bits per heavy atom. The van der Waals surface area contributed by atoms with Crippen molar-refractivity contribution in [1.82, 2.24) is 0 Å². The largest absolute Gasteiger partial charge is 0.392 e. The Balaban J connectivity index is 2.05. The van der Waals surface area contributed by atoms with E-state index in [-0.39, 0.29) is 6.61 Å². The normalized spacial score (nSPS) is 9.88. The molecule has 4 heteroatoms. The molecule has 0 fully saturated rings. The van der Waals surface area contributed by atoms with Gasteiger partial charge in [-0.15, -0.1) is 11.3 Å². The summed E-state index contributed by atoms with van der Waals surface area (Å²) in [6.07, 6.45) is 0. The Bertz CT molecular complexity index is 542. The number of nitriles is 1. The molecule has 2 N–H and O–H groups in total. The summed E-state index contributed by atoms with van der Waals surface area (Å²) in [5.74, 6) is 0. The third-order valence-corrected chi connectivity index (χ3v) is 3.40. The predicted molar refractivity (Wildman–Crippen MR) is 68.7 cm³/mol. The fraction of sp³-hybridized carbons (Fsp3) is 0.154. The number of thiophene rings is 1. The molecular weight excluding hydrogens is 232 g/mol. The summed E-state index contributed by atoms with van der Waals surface area (Å²) in [6, 6.07) is 13.5. The predicted octanol–water partition coefficient (Wildman–Crippen LogP) is 2.72. The van der Waals surface area contributed by atoms with Crippen molar-refractivity contribution in [2.45, 2.75) is 13.2 Å². The third-order valence-electron chi connectivity index (χ3n) is 2.41. The van der Waals surface area contributed by atoms with Gasteiger partial charge in [-0.1, -0.05) is 18.2 Å². The Morgan fingerprint density at radius 2 is 2.06 bits per heavy atom. The molecule has 2 aromatic rings. The van der Waals surface area contributed by atoms with Gasteiger partial charge in [0.1, 0.15) is 10.9 Å². The maximum Gasteiger partial charge on any atom is 0.110 e. The first-order valence-electron chi connectivity index (χ1n) is 5.25. The molecule has 0 aliphatic heterocycles. The standard InChI is InChI=1S/C13H12N2OS/c14-7-11-5-6-12(17-11)8-15-13-4-2-1-3-10(13)9-16/h1-6,15-16H,8-9H2. The van der Waals surface area contributed by atoms with Crippen LogP contribution in [0, 0.1) is 11.3 Å². The van der Waals surface area contributed by atoms with Crippen molar-refractivity contribution in [3.63, 3.8) is 0 Å². The summed E-state index contributed by atoms with van der Waals surface area (Å²) in [5, 5.41) is 21.2. The van der Waals surface area contributed by atoms with Gasteiger partial charge in [0.25, 0.3) is 0 Å². The van der Waals surface area contributed by atoms with E-state index < -0.39 is 0 Å². The molecule has 1 aromatic heterocycles. The SMILES string of the molecule is N#Cc1ccc(CNc2ccccc2CO)s1. The first-order chi connectivity index (χ1) is 8.33. The van der Waals surface area contributed by atoms with Crippen molar-refractivity contribution in [1.29, 1.82) is 5.26 Å². The molecule has 0 saturated heterocycles. The van der Waals surface area contributed by atoms with Crippen LogP contribution >= 0.6 is 11.3 Å². The molecule has 0 spiro atoms. The molecule has 17 heavy (non-hydrogen) atoms. The van der Waals surface area contributed by atoms with Crippen LogP contribution in [-0.2, 0) is 13.2 Å². The molecule has 0 unspecified atom stereocenters. The van der Waals surface area contributed by atoms with Crippen LogP contribution in [0.25, 0.3) is 0 Å². The second kappa shape index (κ2) is 5.48. The van der Waals surface area contributed by atoms with E-state index in [1.54, 1.807) is 0 Å². The first-order valence-corrected chi connectivity index (χ1v) is 6.06. The summed E-state index contributed by atoms with van der Waals surface area (Å²) in [7, 11) is 0. The van der Waals surface area contributed by atoms with Gasteiger partial charge in [0.05, 0.1) is 6.61 Å². The second-order valence-electron chi connectivity index (χ2n) is 3.55. The Hall–Kier alpha value is -1.83. The Morgan fingerprint density at radius 1 is 1.24 bits per heavy atom. The van der Waals surface area contributed by atoms with Gasteiger partial charge < -0.3 is 10.4 Å². The van der Waals surface area contributed by atoms with Crippen molar-refractivity contribution in [2.24, 2.45) is 0 Å². The number of hydrogen-bond acceptors (Lipinski definition) is 4. The molecule has 0 amide bonds. The summed E-state index contributed by atoms with van der Waals surface area (Å²) in [4.78, 5) is 1.83. The summed E-state index contributed by atoms with van der Waals surface area (Å²) >= 11 is 1.48. The van der Waals surface area contributed by atoms with Gasteiger partial charge in [-0.25, -0.2) is 0 Å². The number of rotatable bonds is 4. The van der Waals surface area contributed by atoms with E-state index in [0.717, 1.165) is 21.0 Å². The molecule has 0 bridgehead atoms. The Kier molecular flexibility index (Phi) is 3.76. The molecule has 1 aromatic carbocycles. The molecule has 1 heterocycles. The lowest BCUT2D eigenvalue weighted by Crippen LogP contribution is -2.00. The molecule has 0 aliphatic rings. The molecule has 2 rings (SSSR count). The highest BCUT2D eigenvalue weighted by molar-refractivity contribution is 7.12. The highest BCUT2D eigenvalue weighted by Crippen LogP contribution is 2.19. The third kappa shape index (κ3) is 2.84. The maximum absolute atomic E-state index is 9.18. The zero-order valence-corrected chi connectivity index (χ0v) is 10.00. The molecule has 0 saturated carbocycles. The van der Waals surface area contributed by atoms with Crippen LogP contribution in [0.1, 0.15) is 15.3 Å². The summed E-state index contributed by atoms with van der Waals surface area (Å²) in [5.41, 5.74) is 1.81. The number of para-hydroxylation sites is 1. The summed E-state index contributed by atoms with van der Waals surface area (Å²) in [6.45, 7) is 0.695. The maximum atomic E-state index is 9.18. The lowest BCUT2D eigenvalue weighted by molar-refractivity contribution is 0.282. The van der Waals surface area contributed by atoms with Crippen LogP contribution in [0.15, 0.2) is 36.4 Å². The average molecular weight is 244 g/mol. The lowest BCUT2D eigenvalue weighted by Gasteiger charge is -2.08. The fourth-order valence-electron chi connectivity index (χ4n) is 1.55. The van der Waals surface area contributed by atoms with E-state index in [0.29, 0.717) is 6.54 Å². The number of anilines is 1. The molecule has 0 aliphatic carbocycles. The van der Waals surface area contributed by atoms with Gasteiger partial charge in [-0.2, -0.15) is 5.26 Å². The fourth-order valence-corrected chi connectivity index (χ4v) is 2.29. The molecule has 3 nitrogen and oxygen atoms in total. The summed E-state index contributed by atoms with van der Waals surface area (Å²) < 4.78 is 0. The van der Waals surface area contributed by atoms with Crippen LogP contribution in [0.2, 0.25) is 0 Å². The van der Waals surface area contributed by atoms with E-state index >= 15 is 0 Å². The number of nitrogens with zero attached hydrogens (tertiary/aromatic N) is 1. The van der Waals surface area contributed by atoms with Gasteiger partial charge in [-0.3, -0.25) is 0 Å². The highest BCUT2D eigenvalue weighted by atomic mass is 32.1. The zero-order valence-electron chi connectivity index (χ0n) is 9.18. The van der Waals surface area contributed by atoms with Crippen LogP contribution in [0.5, 0.6) is 0 Å². The van der Waals surface area contributed by atoms with E-state index in [1.807, 2.05) is 36.4 Å². The first kappa shape index (κ1) is 11.6. The van der Waals surface area contributed by atoms with Gasteiger partial charge in [0.2, 0.25) is 0 Å². The van der Waals surface area contributed by atoms with Crippen LogP contribution in [-0.4, -0.2) is 5.11 Å². The highest BCUT2D eigenvalue weighted by Gasteiger charge is 2.02. The minimum absolute atomic E-state index is 0.0249. The van der Waals surface area contributed by atoms with Crippen molar-refractivity contribution in [3.05, 3.63) is 51.7 Å². The zero-order chi connectivity index (χ0) is 12.1. The van der Waals surface area contributed by atoms with Crippen molar-refractivity contribution in [3.8, 4) is 6.07 Å². The number of benzene rings is 1. The lowest BCUT2D eigenvalue weighted by atomic mass is 10.2. The van der Waals surface area contributed by atoms with Gasteiger partial charge in [0.15, 0.2) is 0 Å². The van der Waals surface area contributed by atoms with Gasteiger partial charge >= 0.3 is 0 Å². The van der Waals surface area contributed by atoms with Crippen LogP contribution in [0.3, 0.4) is 0 Å². The molecule has 0 radical (unpaired) electrons. The quantitative estimate of drug-likeness (QED) is 0.869. The Labute approximate surface area is 104 Å². The second-order valence-corrected chi connectivity index (χ2v) is 4.71. The van der Waals surface area contributed by atoms with Gasteiger partial charge in [0, 0.05) is 22.7 Å². The number of aliphatic hydroxyl groups excluding tert-OH is 1. The minimum atomic E-state index is 0.0249. The number of nitrogens with one attached hydrogen (secondary N) is 1. The van der Waals surface area contributed by atoms with E-state index in [4.69, 9.17) is 5.26 Å². The molecular formula is C13H12N2OS. The van der Waals surface area contributed by atoms with Crippen LogP contribution in [0.4, 0.5) is 5.69 Å². The topological polar surface area (TPSA) is 56.0 Å². The van der Waals surface area contributed by atoms with Gasteiger partial charge in [-0.05, 0) is 18.2 Å².